The molecule has 1 saturated carbocycles. The van der Waals surface area contributed by atoms with E-state index < -0.39 is 17.2 Å². The van der Waals surface area contributed by atoms with Gasteiger partial charge in [-0.15, -0.1) is 0 Å². The fraction of sp³-hybridized carbons (Fsp3) is 0.500. The Labute approximate surface area is 121 Å². The lowest BCUT2D eigenvalue weighted by molar-refractivity contribution is 0.0557. The van der Waals surface area contributed by atoms with Crippen molar-refractivity contribution in [1.82, 2.24) is 0 Å². The predicted molar refractivity (Wildman–Crippen MR) is 75.6 cm³/mol. The standard InChI is InChI=1S/C14H19F2N3O2/c1-19(8-14(20)4-2-3-5-14)12-10(15)6-9(7-11(12)16)13(17)18-21/h6-7,20-21H,2-5,8H2,1H3,(H2,17,18). The van der Waals surface area contributed by atoms with Gasteiger partial charge in [-0.3, -0.25) is 0 Å². The van der Waals surface area contributed by atoms with E-state index in [1.807, 2.05) is 0 Å². The first-order valence-electron chi connectivity index (χ1n) is 6.77. The van der Waals surface area contributed by atoms with Crippen molar-refractivity contribution in [3.63, 3.8) is 0 Å². The number of hydrogen-bond donors (Lipinski definition) is 3. The first kappa shape index (κ1) is 15.5. The van der Waals surface area contributed by atoms with Gasteiger partial charge in [-0.25, -0.2) is 8.78 Å². The number of halogens is 2. The van der Waals surface area contributed by atoms with Gasteiger partial charge in [-0.1, -0.05) is 18.0 Å². The quantitative estimate of drug-likeness (QED) is 0.343. The van der Waals surface area contributed by atoms with Gasteiger partial charge in [0.25, 0.3) is 0 Å². The van der Waals surface area contributed by atoms with Crippen molar-refractivity contribution in [2.24, 2.45) is 10.9 Å². The average molecular weight is 299 g/mol. The smallest absolute Gasteiger partial charge is 0.170 e. The molecule has 0 saturated heterocycles. The zero-order valence-electron chi connectivity index (χ0n) is 11.8. The third-order valence-corrected chi connectivity index (χ3v) is 3.87. The van der Waals surface area contributed by atoms with E-state index in [4.69, 9.17) is 10.9 Å². The van der Waals surface area contributed by atoms with Crippen LogP contribution >= 0.6 is 0 Å². The van der Waals surface area contributed by atoms with Gasteiger partial charge in [0.05, 0.1) is 5.60 Å². The predicted octanol–water partition coefficient (Wildman–Crippen LogP) is 1.80. The fourth-order valence-electron chi connectivity index (χ4n) is 2.85. The van der Waals surface area contributed by atoms with E-state index in [0.29, 0.717) is 12.8 Å². The van der Waals surface area contributed by atoms with Gasteiger partial charge in [-0.05, 0) is 25.0 Å². The van der Waals surface area contributed by atoms with E-state index in [1.165, 1.54) is 11.9 Å². The second kappa shape index (κ2) is 5.85. The molecular formula is C14H19F2N3O2. The van der Waals surface area contributed by atoms with Gasteiger partial charge in [0.2, 0.25) is 0 Å². The maximum atomic E-state index is 14.1. The van der Waals surface area contributed by atoms with Crippen LogP contribution in [0.4, 0.5) is 14.5 Å². The molecule has 0 radical (unpaired) electrons. The van der Waals surface area contributed by atoms with Crippen molar-refractivity contribution in [3.05, 3.63) is 29.3 Å². The molecule has 0 unspecified atom stereocenters. The minimum Gasteiger partial charge on any atom is -0.409 e. The maximum Gasteiger partial charge on any atom is 0.170 e. The summed E-state index contributed by atoms with van der Waals surface area (Å²) in [7, 11) is 1.53. The molecule has 116 valence electrons. The molecule has 0 atom stereocenters. The normalized spacial score (nSPS) is 18.0. The number of rotatable bonds is 4. The Morgan fingerprint density at radius 1 is 1.33 bits per heavy atom. The Kier molecular flexibility index (Phi) is 4.32. The van der Waals surface area contributed by atoms with Gasteiger partial charge < -0.3 is 20.9 Å². The van der Waals surface area contributed by atoms with Crippen LogP contribution in [0.5, 0.6) is 0 Å². The average Bonchev–Trinajstić information content (AvgIpc) is 2.83. The van der Waals surface area contributed by atoms with Crippen LogP contribution in [0.3, 0.4) is 0 Å². The van der Waals surface area contributed by atoms with Crippen LogP contribution in [0.25, 0.3) is 0 Å². The van der Waals surface area contributed by atoms with Gasteiger partial charge in [0.1, 0.15) is 17.3 Å². The molecule has 0 aromatic heterocycles. The van der Waals surface area contributed by atoms with Crippen molar-refractivity contribution >= 4 is 11.5 Å². The monoisotopic (exact) mass is 299 g/mol. The van der Waals surface area contributed by atoms with E-state index >= 15 is 0 Å². The Balaban J connectivity index is 2.27. The summed E-state index contributed by atoms with van der Waals surface area (Å²) in [5.74, 6) is -2.00. The highest BCUT2D eigenvalue weighted by Gasteiger charge is 2.33. The molecule has 0 amide bonds. The molecule has 0 bridgehead atoms. The summed E-state index contributed by atoms with van der Waals surface area (Å²) in [5, 5.41) is 21.6. The third kappa shape index (κ3) is 3.24. The lowest BCUT2D eigenvalue weighted by Crippen LogP contribution is -2.40. The molecule has 21 heavy (non-hydrogen) atoms. The molecular weight excluding hydrogens is 280 g/mol. The Hall–Kier alpha value is -1.89. The van der Waals surface area contributed by atoms with E-state index in [2.05, 4.69) is 5.16 Å². The number of anilines is 1. The number of amidine groups is 1. The van der Waals surface area contributed by atoms with Gasteiger partial charge in [-0.2, -0.15) is 0 Å². The molecule has 0 heterocycles. The summed E-state index contributed by atoms with van der Waals surface area (Å²) in [6, 6.07) is 2.01. The molecule has 1 aliphatic rings. The Morgan fingerprint density at radius 3 is 2.33 bits per heavy atom. The number of nitrogens with two attached hydrogens (primary N) is 1. The summed E-state index contributed by atoms with van der Waals surface area (Å²) in [5.41, 5.74) is 4.15. The minimum atomic E-state index is -0.905. The molecule has 1 aromatic carbocycles. The van der Waals surface area contributed by atoms with Crippen molar-refractivity contribution in [2.45, 2.75) is 31.3 Å². The highest BCUT2D eigenvalue weighted by Crippen LogP contribution is 2.32. The summed E-state index contributed by atoms with van der Waals surface area (Å²) in [6.07, 6.45) is 3.08. The van der Waals surface area contributed by atoms with Gasteiger partial charge in [0.15, 0.2) is 5.84 Å². The highest BCUT2D eigenvalue weighted by molar-refractivity contribution is 5.97. The molecule has 4 N–H and O–H groups in total. The van der Waals surface area contributed by atoms with Crippen LogP contribution in [0.2, 0.25) is 0 Å². The number of hydrogen-bond acceptors (Lipinski definition) is 4. The summed E-state index contributed by atoms with van der Waals surface area (Å²) < 4.78 is 28.2. The zero-order valence-corrected chi connectivity index (χ0v) is 11.8. The molecule has 2 rings (SSSR count). The topological polar surface area (TPSA) is 82.1 Å². The molecule has 7 heteroatoms. The second-order valence-corrected chi connectivity index (χ2v) is 5.56. The van der Waals surface area contributed by atoms with Crippen molar-refractivity contribution < 1.29 is 19.1 Å². The van der Waals surface area contributed by atoms with Crippen LogP contribution in [0, 0.1) is 11.6 Å². The van der Waals surface area contributed by atoms with Gasteiger partial charge in [0, 0.05) is 19.2 Å². The lowest BCUT2D eigenvalue weighted by Gasteiger charge is -2.30. The zero-order chi connectivity index (χ0) is 15.6. The molecule has 5 nitrogen and oxygen atoms in total. The summed E-state index contributed by atoms with van der Waals surface area (Å²) in [4.78, 5) is 1.37. The largest absolute Gasteiger partial charge is 0.409 e. The van der Waals surface area contributed by atoms with Crippen LogP contribution < -0.4 is 10.6 Å². The number of likely N-dealkylation sites (N-methyl/N-ethyl adjacent to an activating group) is 1. The van der Waals surface area contributed by atoms with Gasteiger partial charge >= 0.3 is 0 Å². The van der Waals surface area contributed by atoms with Crippen LogP contribution in [-0.4, -0.2) is 35.3 Å². The second-order valence-electron chi connectivity index (χ2n) is 5.56. The van der Waals surface area contributed by atoms with E-state index in [1.54, 1.807) is 0 Å². The molecule has 0 spiro atoms. The Morgan fingerprint density at radius 2 is 1.86 bits per heavy atom. The molecule has 1 aromatic rings. The summed E-state index contributed by atoms with van der Waals surface area (Å²) in [6.45, 7) is 0.157. The van der Waals surface area contributed by atoms with E-state index in [9.17, 15) is 13.9 Å². The lowest BCUT2D eigenvalue weighted by atomic mass is 10.0. The number of aliphatic hydroxyl groups is 1. The SMILES string of the molecule is CN(CC1(O)CCCC1)c1c(F)cc(C(N)=NO)cc1F. The minimum absolute atomic E-state index is 0.0378. The van der Waals surface area contributed by atoms with Crippen LogP contribution in [-0.2, 0) is 0 Å². The van der Waals surface area contributed by atoms with Crippen molar-refractivity contribution in [3.8, 4) is 0 Å². The summed E-state index contributed by atoms with van der Waals surface area (Å²) >= 11 is 0. The van der Waals surface area contributed by atoms with Crippen LogP contribution in [0.1, 0.15) is 31.2 Å². The van der Waals surface area contributed by atoms with Crippen molar-refractivity contribution in [1.29, 1.82) is 0 Å². The maximum absolute atomic E-state index is 14.1. The molecule has 0 aliphatic heterocycles. The first-order chi connectivity index (χ1) is 9.86. The molecule has 1 fully saturated rings. The number of benzene rings is 1. The molecule has 1 aliphatic carbocycles. The third-order valence-electron chi connectivity index (χ3n) is 3.87. The van der Waals surface area contributed by atoms with Crippen molar-refractivity contribution in [2.75, 3.05) is 18.5 Å². The number of oxime groups is 1. The van der Waals surface area contributed by atoms with E-state index in [0.717, 1.165) is 25.0 Å². The Bertz CT molecular complexity index is 534. The van der Waals surface area contributed by atoms with E-state index in [-0.39, 0.29) is 23.6 Å². The van der Waals surface area contributed by atoms with Crippen LogP contribution in [0.15, 0.2) is 17.3 Å². The first-order valence-corrected chi connectivity index (χ1v) is 6.77. The fourth-order valence-corrected chi connectivity index (χ4v) is 2.85. The number of nitrogens with zero attached hydrogens (tertiary/aromatic N) is 2. The highest BCUT2D eigenvalue weighted by atomic mass is 19.1.